The quantitative estimate of drug-likeness (QED) is 0.382. The van der Waals surface area contributed by atoms with E-state index >= 15 is 0 Å². The number of nitrogens with zero attached hydrogens (tertiary/aromatic N) is 1. The highest BCUT2D eigenvalue weighted by atomic mass is 79.9. The highest BCUT2D eigenvalue weighted by molar-refractivity contribution is 9.10. The fourth-order valence-corrected chi connectivity index (χ4v) is 4.90. The minimum atomic E-state index is -1.08. The smallest absolute Gasteiger partial charge is 0.411 e. The van der Waals surface area contributed by atoms with E-state index in [-0.39, 0.29) is 18.1 Å². The van der Waals surface area contributed by atoms with Crippen LogP contribution >= 0.6 is 15.9 Å². The lowest BCUT2D eigenvalue weighted by Crippen LogP contribution is -2.36. The second-order valence-electron chi connectivity index (χ2n) is 8.30. The number of carboxylic acids is 1. The SMILES string of the molecule is CCCN(CC(=O)O)C(=O)c1cc(Br)cc(NC(=O)OCC2c3ccccc3-c3ccccc32)c1. The molecule has 3 aromatic rings. The Morgan fingerprint density at radius 2 is 1.63 bits per heavy atom. The topological polar surface area (TPSA) is 95.9 Å². The van der Waals surface area contributed by atoms with Gasteiger partial charge >= 0.3 is 12.1 Å². The minimum Gasteiger partial charge on any atom is -0.480 e. The predicted octanol–water partition coefficient (Wildman–Crippen LogP) is 5.75. The number of benzene rings is 3. The number of hydrogen-bond donors (Lipinski definition) is 2. The molecule has 3 aromatic carbocycles. The Balaban J connectivity index is 1.46. The van der Waals surface area contributed by atoms with Crippen molar-refractivity contribution in [3.05, 3.63) is 87.9 Å². The maximum Gasteiger partial charge on any atom is 0.411 e. The Labute approximate surface area is 211 Å². The van der Waals surface area contributed by atoms with Crippen LogP contribution in [0.2, 0.25) is 0 Å². The molecule has 0 fully saturated rings. The van der Waals surface area contributed by atoms with Crippen LogP contribution in [0, 0.1) is 0 Å². The molecule has 7 nitrogen and oxygen atoms in total. The Kier molecular flexibility index (Phi) is 7.51. The van der Waals surface area contributed by atoms with Gasteiger partial charge in [0, 0.05) is 28.2 Å². The summed E-state index contributed by atoms with van der Waals surface area (Å²) in [5.74, 6) is -1.57. The first-order valence-corrected chi connectivity index (χ1v) is 12.1. The minimum absolute atomic E-state index is 0.0635. The van der Waals surface area contributed by atoms with Crippen LogP contribution in [0.1, 0.15) is 40.7 Å². The zero-order chi connectivity index (χ0) is 24.9. The van der Waals surface area contributed by atoms with Gasteiger partial charge in [0.15, 0.2) is 0 Å². The van der Waals surface area contributed by atoms with E-state index in [9.17, 15) is 14.4 Å². The number of carboxylic acid groups (broad SMARTS) is 1. The van der Waals surface area contributed by atoms with Gasteiger partial charge in [-0.05, 0) is 46.9 Å². The second kappa shape index (κ2) is 10.7. The molecule has 4 rings (SSSR count). The normalized spacial score (nSPS) is 11.9. The van der Waals surface area contributed by atoms with Crippen molar-refractivity contribution < 1.29 is 24.2 Å². The molecule has 35 heavy (non-hydrogen) atoms. The third-order valence-electron chi connectivity index (χ3n) is 5.84. The number of fused-ring (bicyclic) bond motifs is 3. The van der Waals surface area contributed by atoms with Gasteiger partial charge in [-0.15, -0.1) is 0 Å². The first-order chi connectivity index (χ1) is 16.9. The van der Waals surface area contributed by atoms with Crippen molar-refractivity contribution in [1.82, 2.24) is 4.90 Å². The number of hydrogen-bond acceptors (Lipinski definition) is 4. The monoisotopic (exact) mass is 536 g/mol. The number of aliphatic carboxylic acids is 1. The van der Waals surface area contributed by atoms with E-state index in [1.807, 2.05) is 43.3 Å². The van der Waals surface area contributed by atoms with Gasteiger partial charge in [0.25, 0.3) is 5.91 Å². The standard InChI is InChI=1S/C27H25BrN2O5/c1-2-11-30(15-25(31)32)26(33)17-12-18(28)14-19(13-17)29-27(34)35-16-24-22-9-5-3-7-20(22)21-8-4-6-10-23(21)24/h3-10,12-14,24H,2,11,15-16H2,1H3,(H,29,34)(H,31,32). The molecule has 2 amide bonds. The second-order valence-corrected chi connectivity index (χ2v) is 9.22. The maximum atomic E-state index is 12.9. The third kappa shape index (κ3) is 5.54. The average molecular weight is 537 g/mol. The van der Waals surface area contributed by atoms with E-state index in [2.05, 4.69) is 33.4 Å². The molecular formula is C27H25BrN2O5. The van der Waals surface area contributed by atoms with E-state index < -0.39 is 24.5 Å². The summed E-state index contributed by atoms with van der Waals surface area (Å²) in [6, 6.07) is 20.9. The fourth-order valence-electron chi connectivity index (χ4n) is 4.41. The van der Waals surface area contributed by atoms with Gasteiger partial charge in [0.2, 0.25) is 0 Å². The molecule has 0 atom stereocenters. The largest absolute Gasteiger partial charge is 0.480 e. The lowest BCUT2D eigenvalue weighted by Gasteiger charge is -2.20. The Bertz CT molecular complexity index is 1230. The number of rotatable bonds is 8. The molecular weight excluding hydrogens is 512 g/mol. The molecule has 0 bridgehead atoms. The molecule has 1 aliphatic rings. The summed E-state index contributed by atoms with van der Waals surface area (Å²) >= 11 is 3.36. The molecule has 1 aliphatic carbocycles. The predicted molar refractivity (Wildman–Crippen MR) is 137 cm³/mol. The van der Waals surface area contributed by atoms with Crippen molar-refractivity contribution in [1.29, 1.82) is 0 Å². The number of ether oxygens (including phenoxy) is 1. The van der Waals surface area contributed by atoms with Crippen molar-refractivity contribution in [2.75, 3.05) is 25.0 Å². The van der Waals surface area contributed by atoms with Crippen LogP contribution in [-0.2, 0) is 9.53 Å². The van der Waals surface area contributed by atoms with E-state index in [1.54, 1.807) is 12.1 Å². The van der Waals surface area contributed by atoms with Gasteiger partial charge < -0.3 is 14.7 Å². The highest BCUT2D eigenvalue weighted by Gasteiger charge is 2.29. The van der Waals surface area contributed by atoms with Crippen LogP contribution in [0.5, 0.6) is 0 Å². The molecule has 0 heterocycles. The van der Waals surface area contributed by atoms with Crippen molar-refractivity contribution in [3.8, 4) is 11.1 Å². The summed E-state index contributed by atoms with van der Waals surface area (Å²) in [4.78, 5) is 38.0. The van der Waals surface area contributed by atoms with Crippen LogP contribution in [0.3, 0.4) is 0 Å². The first kappa shape index (κ1) is 24.5. The van der Waals surface area contributed by atoms with Gasteiger partial charge in [-0.2, -0.15) is 0 Å². The zero-order valence-corrected chi connectivity index (χ0v) is 20.7. The molecule has 0 unspecified atom stereocenters. The number of nitrogens with one attached hydrogen (secondary N) is 1. The fraction of sp³-hybridized carbons (Fsp3) is 0.222. The summed E-state index contributed by atoms with van der Waals surface area (Å²) in [5, 5.41) is 11.8. The van der Waals surface area contributed by atoms with Gasteiger partial charge in [-0.25, -0.2) is 4.79 Å². The first-order valence-electron chi connectivity index (χ1n) is 11.3. The van der Waals surface area contributed by atoms with Gasteiger partial charge in [-0.1, -0.05) is 71.4 Å². The number of anilines is 1. The summed E-state index contributed by atoms with van der Waals surface area (Å²) in [7, 11) is 0. The van der Waals surface area contributed by atoms with Gasteiger partial charge in [0.05, 0.1) is 0 Å². The third-order valence-corrected chi connectivity index (χ3v) is 6.30. The average Bonchev–Trinajstić information content (AvgIpc) is 3.15. The molecule has 0 spiro atoms. The van der Waals surface area contributed by atoms with Crippen LogP contribution < -0.4 is 5.32 Å². The van der Waals surface area contributed by atoms with Gasteiger partial charge in [-0.3, -0.25) is 14.9 Å². The van der Waals surface area contributed by atoms with Crippen LogP contribution in [0.4, 0.5) is 10.5 Å². The lowest BCUT2D eigenvalue weighted by molar-refractivity contribution is -0.137. The maximum absolute atomic E-state index is 12.9. The molecule has 0 radical (unpaired) electrons. The molecule has 2 N–H and O–H groups in total. The Morgan fingerprint density at radius 1 is 1.00 bits per heavy atom. The van der Waals surface area contributed by atoms with Crippen LogP contribution in [0.15, 0.2) is 71.2 Å². The lowest BCUT2D eigenvalue weighted by atomic mass is 9.98. The van der Waals surface area contributed by atoms with Crippen LogP contribution in [0.25, 0.3) is 11.1 Å². The number of amides is 2. The van der Waals surface area contributed by atoms with E-state index in [0.717, 1.165) is 22.3 Å². The van der Waals surface area contributed by atoms with Crippen molar-refractivity contribution >= 4 is 39.6 Å². The van der Waals surface area contributed by atoms with Crippen molar-refractivity contribution in [3.63, 3.8) is 0 Å². The van der Waals surface area contributed by atoms with Gasteiger partial charge in [0.1, 0.15) is 13.2 Å². The number of carbonyl (C=O) groups is 3. The summed E-state index contributed by atoms with van der Waals surface area (Å²) in [6.45, 7) is 1.96. The molecule has 0 saturated carbocycles. The van der Waals surface area contributed by atoms with E-state index in [4.69, 9.17) is 9.84 Å². The highest BCUT2D eigenvalue weighted by Crippen LogP contribution is 2.44. The number of halogens is 1. The molecule has 8 heteroatoms. The van der Waals surface area contributed by atoms with E-state index in [0.29, 0.717) is 23.1 Å². The van der Waals surface area contributed by atoms with Crippen LogP contribution in [-0.4, -0.2) is 47.7 Å². The summed E-state index contributed by atoms with van der Waals surface area (Å²) < 4.78 is 6.16. The summed E-state index contributed by atoms with van der Waals surface area (Å²) in [5.41, 5.74) is 5.16. The molecule has 180 valence electrons. The number of carbonyl (C=O) groups excluding carboxylic acids is 2. The summed E-state index contributed by atoms with van der Waals surface area (Å²) in [6.07, 6.45) is -0.0166. The molecule has 0 aliphatic heterocycles. The molecule has 0 aromatic heterocycles. The van der Waals surface area contributed by atoms with Crippen molar-refractivity contribution in [2.24, 2.45) is 0 Å². The Morgan fingerprint density at radius 3 is 2.23 bits per heavy atom. The van der Waals surface area contributed by atoms with Crippen molar-refractivity contribution in [2.45, 2.75) is 19.3 Å². The Hall–Kier alpha value is -3.65. The zero-order valence-electron chi connectivity index (χ0n) is 19.2. The molecule has 0 saturated heterocycles. The van der Waals surface area contributed by atoms with E-state index in [1.165, 1.54) is 11.0 Å².